The van der Waals surface area contributed by atoms with Gasteiger partial charge < -0.3 is 20.7 Å². The Morgan fingerprint density at radius 1 is 1.28 bits per heavy atom. The summed E-state index contributed by atoms with van der Waals surface area (Å²) >= 11 is 0. The minimum absolute atomic E-state index is 0.0180. The van der Waals surface area contributed by atoms with Gasteiger partial charge in [0.1, 0.15) is 6.10 Å². The van der Waals surface area contributed by atoms with Crippen molar-refractivity contribution in [3.05, 3.63) is 35.9 Å². The van der Waals surface area contributed by atoms with Crippen molar-refractivity contribution in [1.82, 2.24) is 10.2 Å². The Kier molecular flexibility index (Phi) is 4.48. The number of amides is 2. The van der Waals surface area contributed by atoms with Crippen molar-refractivity contribution in [2.75, 3.05) is 13.1 Å². The second-order valence-corrected chi connectivity index (χ2v) is 7.34. The third kappa shape index (κ3) is 3.41. The molecule has 1 aliphatic carbocycles. The summed E-state index contributed by atoms with van der Waals surface area (Å²) in [5.41, 5.74) is 6.88. The van der Waals surface area contributed by atoms with Crippen LogP contribution in [0.15, 0.2) is 30.3 Å². The van der Waals surface area contributed by atoms with Crippen LogP contribution < -0.4 is 11.1 Å². The molecule has 4 rings (SSSR count). The summed E-state index contributed by atoms with van der Waals surface area (Å²) < 4.78 is 5.64. The Bertz CT molecular complexity index is 651. The molecule has 0 radical (unpaired) electrons. The third-order valence-electron chi connectivity index (χ3n) is 5.55. The third-order valence-corrected chi connectivity index (χ3v) is 5.55. The van der Waals surface area contributed by atoms with E-state index in [1.807, 2.05) is 23.1 Å². The number of hydrogen-bond acceptors (Lipinski definition) is 4. The van der Waals surface area contributed by atoms with Gasteiger partial charge in [0.05, 0.1) is 12.1 Å². The highest BCUT2D eigenvalue weighted by Crippen LogP contribution is 2.45. The van der Waals surface area contributed by atoms with Crippen LogP contribution in [-0.2, 0) is 14.3 Å². The topological polar surface area (TPSA) is 84.7 Å². The monoisotopic (exact) mass is 343 g/mol. The number of rotatable bonds is 5. The van der Waals surface area contributed by atoms with Gasteiger partial charge in [0.25, 0.3) is 0 Å². The van der Waals surface area contributed by atoms with E-state index in [9.17, 15) is 9.59 Å². The Balaban J connectivity index is 1.30. The summed E-state index contributed by atoms with van der Waals surface area (Å²) in [4.78, 5) is 26.7. The van der Waals surface area contributed by atoms with Gasteiger partial charge >= 0.3 is 0 Å². The predicted molar refractivity (Wildman–Crippen MR) is 92.8 cm³/mol. The molecule has 0 spiro atoms. The second-order valence-electron chi connectivity index (χ2n) is 7.34. The molecular formula is C19H25N3O3. The summed E-state index contributed by atoms with van der Waals surface area (Å²) in [7, 11) is 0. The highest BCUT2D eigenvalue weighted by molar-refractivity contribution is 5.84. The molecule has 0 aromatic heterocycles. The highest BCUT2D eigenvalue weighted by atomic mass is 16.5. The number of benzene rings is 1. The number of likely N-dealkylation sites (tertiary alicyclic amines) is 1. The smallest absolute Gasteiger partial charge is 0.249 e. The zero-order chi connectivity index (χ0) is 17.4. The number of hydrogen-bond donors (Lipinski definition) is 2. The molecule has 134 valence electrons. The van der Waals surface area contributed by atoms with Gasteiger partial charge in [-0.3, -0.25) is 9.59 Å². The number of ether oxygens (including phenoxy) is 1. The van der Waals surface area contributed by atoms with Crippen LogP contribution in [0.5, 0.6) is 0 Å². The molecule has 5 atom stereocenters. The molecule has 2 heterocycles. The maximum atomic E-state index is 12.4. The maximum absolute atomic E-state index is 12.4. The summed E-state index contributed by atoms with van der Waals surface area (Å²) in [6.07, 6.45) is 2.49. The van der Waals surface area contributed by atoms with E-state index in [-0.39, 0.29) is 30.0 Å². The van der Waals surface area contributed by atoms with Crippen molar-refractivity contribution >= 4 is 11.8 Å². The van der Waals surface area contributed by atoms with E-state index in [0.29, 0.717) is 31.8 Å². The molecule has 6 heteroatoms. The lowest BCUT2D eigenvalue weighted by molar-refractivity contribution is -0.132. The molecule has 25 heavy (non-hydrogen) atoms. The van der Waals surface area contributed by atoms with Crippen LogP contribution >= 0.6 is 0 Å². The SMILES string of the molecule is NC[C@H]1CC[C@@H](C(=O)NC2CC(=O)N(C3CC3c3ccccc3)C2)O1. The lowest BCUT2D eigenvalue weighted by Gasteiger charge is -2.19. The van der Waals surface area contributed by atoms with Crippen LogP contribution in [0.25, 0.3) is 0 Å². The fourth-order valence-corrected chi connectivity index (χ4v) is 4.10. The summed E-state index contributed by atoms with van der Waals surface area (Å²) in [6.45, 7) is 1.05. The average molecular weight is 343 g/mol. The van der Waals surface area contributed by atoms with Gasteiger partial charge in [0.2, 0.25) is 11.8 Å². The van der Waals surface area contributed by atoms with E-state index in [1.54, 1.807) is 0 Å². The Labute approximate surface area is 147 Å². The van der Waals surface area contributed by atoms with E-state index in [0.717, 1.165) is 12.8 Å². The molecule has 3 unspecified atom stereocenters. The molecule has 1 aromatic rings. The predicted octanol–water partition coefficient (Wildman–Crippen LogP) is 0.766. The van der Waals surface area contributed by atoms with Gasteiger partial charge in [0.15, 0.2) is 0 Å². The first-order chi connectivity index (χ1) is 12.2. The molecule has 3 N–H and O–H groups in total. The minimum Gasteiger partial charge on any atom is -0.364 e. The molecule has 3 fully saturated rings. The van der Waals surface area contributed by atoms with Gasteiger partial charge in [-0.25, -0.2) is 0 Å². The molecule has 0 bridgehead atoms. The lowest BCUT2D eigenvalue weighted by atomic mass is 10.1. The van der Waals surface area contributed by atoms with Crippen molar-refractivity contribution in [2.45, 2.75) is 55.9 Å². The van der Waals surface area contributed by atoms with E-state index in [2.05, 4.69) is 17.4 Å². The first kappa shape index (κ1) is 16.5. The van der Waals surface area contributed by atoms with Crippen LogP contribution in [-0.4, -0.2) is 54.1 Å². The van der Waals surface area contributed by atoms with Crippen LogP contribution in [0, 0.1) is 0 Å². The molecule has 6 nitrogen and oxygen atoms in total. The molecule has 1 aromatic carbocycles. The Morgan fingerprint density at radius 2 is 2.08 bits per heavy atom. The van der Waals surface area contributed by atoms with Crippen LogP contribution in [0.4, 0.5) is 0 Å². The highest BCUT2D eigenvalue weighted by Gasteiger charge is 2.48. The number of nitrogens with one attached hydrogen (secondary N) is 1. The van der Waals surface area contributed by atoms with E-state index in [1.165, 1.54) is 5.56 Å². The summed E-state index contributed by atoms with van der Waals surface area (Å²) in [6, 6.07) is 10.5. The van der Waals surface area contributed by atoms with E-state index in [4.69, 9.17) is 10.5 Å². The van der Waals surface area contributed by atoms with Crippen molar-refractivity contribution < 1.29 is 14.3 Å². The van der Waals surface area contributed by atoms with Crippen LogP contribution in [0.2, 0.25) is 0 Å². The molecule has 2 amide bonds. The van der Waals surface area contributed by atoms with Gasteiger partial charge in [-0.2, -0.15) is 0 Å². The van der Waals surface area contributed by atoms with Crippen molar-refractivity contribution in [3.63, 3.8) is 0 Å². The van der Waals surface area contributed by atoms with E-state index < -0.39 is 6.10 Å². The zero-order valence-corrected chi connectivity index (χ0v) is 14.3. The average Bonchev–Trinajstić information content (AvgIpc) is 3.10. The minimum atomic E-state index is -0.421. The quantitative estimate of drug-likeness (QED) is 0.827. The summed E-state index contributed by atoms with van der Waals surface area (Å²) in [5.74, 6) is 0.468. The fraction of sp³-hybridized carbons (Fsp3) is 0.579. The Morgan fingerprint density at radius 3 is 2.80 bits per heavy atom. The van der Waals surface area contributed by atoms with Crippen LogP contribution in [0.1, 0.15) is 37.2 Å². The van der Waals surface area contributed by atoms with E-state index >= 15 is 0 Å². The molecule has 1 saturated carbocycles. The van der Waals surface area contributed by atoms with Crippen molar-refractivity contribution in [1.29, 1.82) is 0 Å². The molecular weight excluding hydrogens is 318 g/mol. The van der Waals surface area contributed by atoms with Gasteiger partial charge in [-0.05, 0) is 24.8 Å². The lowest BCUT2D eigenvalue weighted by Crippen LogP contribution is -2.43. The number of nitrogens with two attached hydrogens (primary N) is 1. The normalized spacial score (nSPS) is 34.4. The first-order valence-corrected chi connectivity index (χ1v) is 9.16. The van der Waals surface area contributed by atoms with Gasteiger partial charge in [-0.1, -0.05) is 30.3 Å². The Hall–Kier alpha value is -1.92. The van der Waals surface area contributed by atoms with Gasteiger partial charge in [-0.15, -0.1) is 0 Å². The van der Waals surface area contributed by atoms with Crippen molar-refractivity contribution in [2.24, 2.45) is 5.73 Å². The summed E-state index contributed by atoms with van der Waals surface area (Å²) in [5, 5.41) is 3.00. The standard InChI is InChI=1S/C19H25N3O3/c20-10-14-6-7-17(25-14)19(24)21-13-8-18(23)22(11-13)16-9-15(16)12-4-2-1-3-5-12/h1-5,13-17H,6-11,20H2,(H,21,24)/t13?,14-,15?,16?,17+/m1/s1. The maximum Gasteiger partial charge on any atom is 0.249 e. The largest absolute Gasteiger partial charge is 0.364 e. The zero-order valence-electron chi connectivity index (χ0n) is 14.3. The van der Waals surface area contributed by atoms with Gasteiger partial charge in [0, 0.05) is 31.5 Å². The second kappa shape index (κ2) is 6.77. The molecule has 2 saturated heterocycles. The number of nitrogens with zero attached hydrogens (tertiary/aromatic N) is 1. The number of carbonyl (C=O) groups excluding carboxylic acids is 2. The van der Waals surface area contributed by atoms with Crippen molar-refractivity contribution in [3.8, 4) is 0 Å². The van der Waals surface area contributed by atoms with Crippen LogP contribution in [0.3, 0.4) is 0 Å². The number of carbonyl (C=O) groups is 2. The first-order valence-electron chi connectivity index (χ1n) is 9.16. The molecule has 2 aliphatic heterocycles. The fourth-order valence-electron chi connectivity index (χ4n) is 4.10. The molecule has 3 aliphatic rings.